The van der Waals surface area contributed by atoms with Crippen LogP contribution in [0.4, 0.5) is 10.1 Å². The lowest BCUT2D eigenvalue weighted by atomic mass is 10.1. The Balaban J connectivity index is 2.28. The predicted octanol–water partition coefficient (Wildman–Crippen LogP) is 2.43. The molecule has 0 unspecified atom stereocenters. The maximum absolute atomic E-state index is 13.9. The van der Waals surface area contributed by atoms with Crippen molar-refractivity contribution in [2.75, 3.05) is 5.73 Å². The van der Waals surface area contributed by atoms with Crippen LogP contribution in [0.15, 0.2) is 12.1 Å². The highest BCUT2D eigenvalue weighted by molar-refractivity contribution is 5.94. The van der Waals surface area contributed by atoms with E-state index in [1.807, 2.05) is 0 Å². The van der Waals surface area contributed by atoms with E-state index >= 15 is 0 Å². The van der Waals surface area contributed by atoms with Crippen molar-refractivity contribution >= 4 is 11.7 Å². The van der Waals surface area contributed by atoms with Gasteiger partial charge < -0.3 is 15.6 Å². The number of carboxylic acid groups (broad SMARTS) is 1. The van der Waals surface area contributed by atoms with Crippen molar-refractivity contribution in [3.05, 3.63) is 23.5 Å². The monoisotopic (exact) mass is 239 g/mol. The molecule has 0 amide bonds. The number of anilines is 1. The Morgan fingerprint density at radius 2 is 2.06 bits per heavy atom. The summed E-state index contributed by atoms with van der Waals surface area (Å²) in [5.74, 6) is -2.29. The molecule has 0 aromatic heterocycles. The Morgan fingerprint density at radius 1 is 1.41 bits per heavy atom. The van der Waals surface area contributed by atoms with Crippen LogP contribution in [0.3, 0.4) is 0 Å². The van der Waals surface area contributed by atoms with Crippen LogP contribution >= 0.6 is 0 Å². The summed E-state index contributed by atoms with van der Waals surface area (Å²) in [6, 6.07) is 2.74. The summed E-state index contributed by atoms with van der Waals surface area (Å²) in [6.07, 6.45) is 3.87. The smallest absolute Gasteiger partial charge is 0.340 e. The van der Waals surface area contributed by atoms with Gasteiger partial charge in [0.25, 0.3) is 0 Å². The normalized spacial score (nSPS) is 16.1. The van der Waals surface area contributed by atoms with Crippen LogP contribution in [0, 0.1) is 5.82 Å². The van der Waals surface area contributed by atoms with Gasteiger partial charge in [-0.25, -0.2) is 9.18 Å². The third-order valence-electron chi connectivity index (χ3n) is 2.95. The molecule has 1 fully saturated rings. The molecule has 1 aliphatic carbocycles. The zero-order valence-electron chi connectivity index (χ0n) is 9.28. The molecule has 0 heterocycles. The zero-order chi connectivity index (χ0) is 12.4. The van der Waals surface area contributed by atoms with Crippen LogP contribution in [0.25, 0.3) is 0 Å². The molecule has 0 bridgehead atoms. The second-order valence-electron chi connectivity index (χ2n) is 4.17. The topological polar surface area (TPSA) is 72.5 Å². The van der Waals surface area contributed by atoms with Gasteiger partial charge >= 0.3 is 5.97 Å². The molecule has 0 aliphatic heterocycles. The maximum atomic E-state index is 13.9. The first-order valence-corrected chi connectivity index (χ1v) is 5.57. The molecule has 1 saturated carbocycles. The summed E-state index contributed by atoms with van der Waals surface area (Å²) in [7, 11) is 0. The van der Waals surface area contributed by atoms with Gasteiger partial charge in [0, 0.05) is 5.69 Å². The first-order valence-electron chi connectivity index (χ1n) is 5.57. The van der Waals surface area contributed by atoms with Crippen molar-refractivity contribution in [2.45, 2.75) is 31.8 Å². The predicted molar refractivity (Wildman–Crippen MR) is 60.7 cm³/mol. The van der Waals surface area contributed by atoms with Gasteiger partial charge in [-0.2, -0.15) is 0 Å². The number of benzene rings is 1. The van der Waals surface area contributed by atoms with Gasteiger partial charge in [-0.15, -0.1) is 0 Å². The van der Waals surface area contributed by atoms with Gasteiger partial charge in [-0.3, -0.25) is 0 Å². The minimum absolute atomic E-state index is 0.0187. The molecule has 1 aromatic carbocycles. The Labute approximate surface area is 98.2 Å². The van der Waals surface area contributed by atoms with Crippen LogP contribution < -0.4 is 10.5 Å². The number of halogens is 1. The molecule has 1 aliphatic rings. The molecular weight excluding hydrogens is 225 g/mol. The fraction of sp³-hybridized carbons (Fsp3) is 0.417. The van der Waals surface area contributed by atoms with Crippen molar-refractivity contribution in [1.29, 1.82) is 0 Å². The lowest BCUT2D eigenvalue weighted by Gasteiger charge is -2.15. The van der Waals surface area contributed by atoms with Crippen molar-refractivity contribution in [3.8, 4) is 5.75 Å². The Bertz CT molecular complexity index is 442. The fourth-order valence-corrected chi connectivity index (χ4v) is 2.07. The van der Waals surface area contributed by atoms with E-state index in [0.29, 0.717) is 0 Å². The second kappa shape index (κ2) is 4.61. The van der Waals surface area contributed by atoms with Gasteiger partial charge in [0.15, 0.2) is 11.6 Å². The van der Waals surface area contributed by atoms with E-state index in [1.165, 1.54) is 12.1 Å². The molecule has 92 valence electrons. The average Bonchev–Trinajstić information content (AvgIpc) is 2.74. The number of ether oxygens (including phenoxy) is 1. The molecule has 0 radical (unpaired) electrons. The third-order valence-corrected chi connectivity index (χ3v) is 2.95. The third kappa shape index (κ3) is 2.33. The van der Waals surface area contributed by atoms with Crippen molar-refractivity contribution < 1.29 is 19.0 Å². The summed E-state index contributed by atoms with van der Waals surface area (Å²) in [5.41, 5.74) is 4.82. The molecule has 17 heavy (non-hydrogen) atoms. The SMILES string of the molecule is Nc1ccc(OC2CCCC2)c(F)c1C(=O)O. The number of carbonyl (C=O) groups is 1. The van der Waals surface area contributed by atoms with Crippen LogP contribution in [-0.2, 0) is 0 Å². The zero-order valence-corrected chi connectivity index (χ0v) is 9.28. The highest BCUT2D eigenvalue weighted by Gasteiger charge is 2.22. The minimum Gasteiger partial charge on any atom is -0.487 e. The summed E-state index contributed by atoms with van der Waals surface area (Å²) in [6.45, 7) is 0. The summed E-state index contributed by atoms with van der Waals surface area (Å²) in [4.78, 5) is 10.9. The van der Waals surface area contributed by atoms with Crippen molar-refractivity contribution in [3.63, 3.8) is 0 Å². The van der Waals surface area contributed by atoms with E-state index in [4.69, 9.17) is 15.6 Å². The molecule has 3 N–H and O–H groups in total. The largest absolute Gasteiger partial charge is 0.487 e. The number of rotatable bonds is 3. The number of hydrogen-bond acceptors (Lipinski definition) is 3. The van der Waals surface area contributed by atoms with Crippen molar-refractivity contribution in [2.24, 2.45) is 0 Å². The van der Waals surface area contributed by atoms with Gasteiger partial charge in [-0.05, 0) is 37.8 Å². The van der Waals surface area contributed by atoms with E-state index in [9.17, 15) is 9.18 Å². The van der Waals surface area contributed by atoms with E-state index in [0.717, 1.165) is 25.7 Å². The number of carboxylic acids is 1. The van der Waals surface area contributed by atoms with E-state index in [-0.39, 0.29) is 17.5 Å². The molecule has 1 aromatic rings. The van der Waals surface area contributed by atoms with Crippen LogP contribution in [0.5, 0.6) is 5.75 Å². The first kappa shape index (κ1) is 11.7. The Hall–Kier alpha value is -1.78. The lowest BCUT2D eigenvalue weighted by Crippen LogP contribution is -2.14. The van der Waals surface area contributed by atoms with Gasteiger partial charge in [0.2, 0.25) is 0 Å². The molecule has 4 nitrogen and oxygen atoms in total. The summed E-state index contributed by atoms with van der Waals surface area (Å²) >= 11 is 0. The second-order valence-corrected chi connectivity index (χ2v) is 4.17. The van der Waals surface area contributed by atoms with E-state index in [1.54, 1.807) is 0 Å². The van der Waals surface area contributed by atoms with Crippen LogP contribution in [0.2, 0.25) is 0 Å². The molecule has 2 rings (SSSR count). The molecular formula is C12H14FNO3. The number of hydrogen-bond donors (Lipinski definition) is 2. The lowest BCUT2D eigenvalue weighted by molar-refractivity contribution is 0.0691. The minimum atomic E-state index is -1.38. The molecule has 5 heteroatoms. The van der Waals surface area contributed by atoms with E-state index in [2.05, 4.69) is 0 Å². The summed E-state index contributed by atoms with van der Waals surface area (Å²) < 4.78 is 19.3. The quantitative estimate of drug-likeness (QED) is 0.794. The fourth-order valence-electron chi connectivity index (χ4n) is 2.07. The Kier molecular flexibility index (Phi) is 3.17. The molecule has 0 saturated heterocycles. The van der Waals surface area contributed by atoms with Gasteiger partial charge in [0.1, 0.15) is 5.56 Å². The molecule has 0 atom stereocenters. The number of nitrogens with two attached hydrogens (primary N) is 1. The summed E-state index contributed by atoms with van der Waals surface area (Å²) in [5, 5.41) is 8.86. The number of nitrogen functional groups attached to an aromatic ring is 1. The van der Waals surface area contributed by atoms with Gasteiger partial charge in [-0.1, -0.05) is 0 Å². The standard InChI is InChI=1S/C12H14FNO3/c13-11-9(17-7-3-1-2-4-7)6-5-8(14)10(11)12(15)16/h5-7H,1-4,14H2,(H,15,16). The van der Waals surface area contributed by atoms with Gasteiger partial charge in [0.05, 0.1) is 6.10 Å². The highest BCUT2D eigenvalue weighted by Crippen LogP contribution is 2.29. The Morgan fingerprint density at radius 3 is 2.65 bits per heavy atom. The van der Waals surface area contributed by atoms with Crippen LogP contribution in [-0.4, -0.2) is 17.2 Å². The maximum Gasteiger partial charge on any atom is 0.340 e. The van der Waals surface area contributed by atoms with Crippen LogP contribution in [0.1, 0.15) is 36.0 Å². The highest BCUT2D eigenvalue weighted by atomic mass is 19.1. The number of aromatic carboxylic acids is 1. The molecule has 0 spiro atoms. The average molecular weight is 239 g/mol. The first-order chi connectivity index (χ1) is 8.09. The van der Waals surface area contributed by atoms with Crippen molar-refractivity contribution in [1.82, 2.24) is 0 Å². The van der Waals surface area contributed by atoms with E-state index < -0.39 is 17.3 Å².